The van der Waals surface area contributed by atoms with E-state index in [1.165, 1.54) is 24.8 Å². The van der Waals surface area contributed by atoms with Crippen LogP contribution < -0.4 is 5.32 Å². The summed E-state index contributed by atoms with van der Waals surface area (Å²) in [6, 6.07) is 15.8. The van der Waals surface area contributed by atoms with Crippen LogP contribution in [0.3, 0.4) is 0 Å². The van der Waals surface area contributed by atoms with Crippen LogP contribution in [-0.4, -0.2) is 33.5 Å². The lowest BCUT2D eigenvalue weighted by Crippen LogP contribution is -2.49. The van der Waals surface area contributed by atoms with Crippen molar-refractivity contribution in [2.75, 3.05) is 13.1 Å². The van der Waals surface area contributed by atoms with Gasteiger partial charge in [-0.2, -0.15) is 5.26 Å². The molecule has 158 valence electrons. The lowest BCUT2D eigenvalue weighted by Gasteiger charge is -2.40. The lowest BCUT2D eigenvalue weighted by atomic mass is 9.74. The molecule has 1 unspecified atom stereocenters. The Morgan fingerprint density at radius 2 is 1.77 bits per heavy atom. The molecule has 0 bridgehead atoms. The Morgan fingerprint density at radius 3 is 2.23 bits per heavy atom. The van der Waals surface area contributed by atoms with Crippen LogP contribution in [0.15, 0.2) is 61.2 Å². The fourth-order valence-electron chi connectivity index (χ4n) is 3.55. The van der Waals surface area contributed by atoms with Crippen LogP contribution in [0.4, 0.5) is 8.78 Å². The minimum atomic E-state index is -1.41. The summed E-state index contributed by atoms with van der Waals surface area (Å²) in [4.78, 5) is 0. The molecule has 0 aliphatic carbocycles. The minimum Gasteiger partial charge on any atom is -0.316 e. The SMILES string of the molecule is CC(C)(F)C(c1cc(F)cc(-n2cnnc2)c1)C1CNC1.Cl.N#Cc1ccccc1. The van der Waals surface area contributed by atoms with E-state index in [0.717, 1.165) is 13.1 Å². The molecule has 1 aromatic heterocycles. The maximum atomic E-state index is 14.6. The first-order valence-corrected chi connectivity index (χ1v) is 9.38. The molecular formula is C22H24ClF2N5. The van der Waals surface area contributed by atoms with Gasteiger partial charge in [0.05, 0.1) is 17.3 Å². The van der Waals surface area contributed by atoms with E-state index < -0.39 is 5.67 Å². The zero-order chi connectivity index (χ0) is 20.9. The number of alkyl halides is 1. The Labute approximate surface area is 181 Å². The first-order chi connectivity index (χ1) is 13.9. The number of hydrogen-bond donors (Lipinski definition) is 1. The third kappa shape index (κ3) is 5.85. The maximum absolute atomic E-state index is 14.6. The molecule has 0 radical (unpaired) electrons. The highest BCUT2D eigenvalue weighted by Crippen LogP contribution is 2.40. The van der Waals surface area contributed by atoms with Gasteiger partial charge < -0.3 is 5.32 Å². The number of benzene rings is 2. The van der Waals surface area contributed by atoms with Gasteiger partial charge in [0.15, 0.2) is 0 Å². The van der Waals surface area contributed by atoms with Crippen LogP contribution in [0.1, 0.15) is 30.9 Å². The van der Waals surface area contributed by atoms with Crippen molar-refractivity contribution in [3.63, 3.8) is 0 Å². The second-order valence-corrected chi connectivity index (χ2v) is 7.55. The van der Waals surface area contributed by atoms with Gasteiger partial charge in [0.25, 0.3) is 0 Å². The average Bonchev–Trinajstić information content (AvgIpc) is 3.19. The molecular weight excluding hydrogens is 408 g/mol. The van der Waals surface area contributed by atoms with Crippen molar-refractivity contribution in [3.8, 4) is 11.8 Å². The highest BCUT2D eigenvalue weighted by Gasteiger charge is 2.40. The Morgan fingerprint density at radius 1 is 1.13 bits per heavy atom. The van der Waals surface area contributed by atoms with Crippen LogP contribution in [0, 0.1) is 23.1 Å². The second-order valence-electron chi connectivity index (χ2n) is 7.55. The van der Waals surface area contributed by atoms with Crippen molar-refractivity contribution < 1.29 is 8.78 Å². The predicted molar refractivity (Wildman–Crippen MR) is 114 cm³/mol. The largest absolute Gasteiger partial charge is 0.316 e. The van der Waals surface area contributed by atoms with Gasteiger partial charge in [-0.05, 0) is 68.8 Å². The van der Waals surface area contributed by atoms with E-state index in [4.69, 9.17) is 5.26 Å². The van der Waals surface area contributed by atoms with Gasteiger partial charge in [-0.25, -0.2) is 8.78 Å². The normalized spacial score (nSPS) is 14.4. The fourth-order valence-corrected chi connectivity index (χ4v) is 3.55. The number of aromatic nitrogens is 3. The fraction of sp³-hybridized carbons (Fsp3) is 0.318. The molecule has 4 rings (SSSR count). The first-order valence-electron chi connectivity index (χ1n) is 9.38. The summed E-state index contributed by atoms with van der Waals surface area (Å²) in [6.07, 6.45) is 3.00. The molecule has 0 saturated carbocycles. The summed E-state index contributed by atoms with van der Waals surface area (Å²) in [5.74, 6) is -0.539. The summed E-state index contributed by atoms with van der Waals surface area (Å²) in [5.41, 5.74) is 0.590. The number of nitriles is 1. The predicted octanol–water partition coefficient (Wildman–Crippen LogP) is 4.44. The number of rotatable bonds is 4. The van der Waals surface area contributed by atoms with E-state index in [-0.39, 0.29) is 30.1 Å². The van der Waals surface area contributed by atoms with Gasteiger partial charge in [-0.1, -0.05) is 18.2 Å². The Hall–Kier alpha value is -2.82. The van der Waals surface area contributed by atoms with Gasteiger partial charge in [0.2, 0.25) is 0 Å². The summed E-state index contributed by atoms with van der Waals surface area (Å²) < 4.78 is 30.2. The van der Waals surface area contributed by atoms with E-state index in [2.05, 4.69) is 15.5 Å². The van der Waals surface area contributed by atoms with E-state index in [1.54, 1.807) is 30.5 Å². The van der Waals surface area contributed by atoms with Crippen molar-refractivity contribution in [2.45, 2.75) is 25.4 Å². The monoisotopic (exact) mass is 431 g/mol. The van der Waals surface area contributed by atoms with Crippen molar-refractivity contribution >= 4 is 12.4 Å². The summed E-state index contributed by atoms with van der Waals surface area (Å²) in [7, 11) is 0. The third-order valence-corrected chi connectivity index (χ3v) is 4.91. The topological polar surface area (TPSA) is 66.5 Å². The number of hydrogen-bond acceptors (Lipinski definition) is 4. The number of nitrogens with one attached hydrogen (secondary N) is 1. The molecule has 1 atom stereocenters. The molecule has 2 aromatic carbocycles. The smallest absolute Gasteiger partial charge is 0.125 e. The summed E-state index contributed by atoms with van der Waals surface area (Å²) >= 11 is 0. The minimum absolute atomic E-state index is 0. The van der Waals surface area contributed by atoms with Gasteiger partial charge in [-0.3, -0.25) is 4.57 Å². The molecule has 5 nitrogen and oxygen atoms in total. The lowest BCUT2D eigenvalue weighted by molar-refractivity contribution is 0.107. The zero-order valence-corrected chi connectivity index (χ0v) is 17.6. The summed E-state index contributed by atoms with van der Waals surface area (Å²) in [6.45, 7) is 4.63. The van der Waals surface area contributed by atoms with Gasteiger partial charge in [0, 0.05) is 5.92 Å². The van der Waals surface area contributed by atoms with Crippen LogP contribution in [0.5, 0.6) is 0 Å². The third-order valence-electron chi connectivity index (χ3n) is 4.91. The average molecular weight is 432 g/mol. The van der Waals surface area contributed by atoms with Crippen molar-refractivity contribution in [3.05, 3.63) is 78.1 Å². The first kappa shape index (κ1) is 23.5. The number of nitrogens with zero attached hydrogens (tertiary/aromatic N) is 4. The molecule has 1 saturated heterocycles. The molecule has 2 heterocycles. The van der Waals surface area contributed by atoms with Gasteiger partial charge >= 0.3 is 0 Å². The highest BCUT2D eigenvalue weighted by atomic mass is 35.5. The molecule has 30 heavy (non-hydrogen) atoms. The quantitative estimate of drug-likeness (QED) is 0.663. The van der Waals surface area contributed by atoms with E-state index >= 15 is 0 Å². The molecule has 3 aromatic rings. The van der Waals surface area contributed by atoms with E-state index in [0.29, 0.717) is 16.8 Å². The molecule has 1 N–H and O–H groups in total. The molecule has 1 fully saturated rings. The van der Waals surface area contributed by atoms with Crippen molar-refractivity contribution in [1.82, 2.24) is 20.1 Å². The summed E-state index contributed by atoms with van der Waals surface area (Å²) in [5, 5.41) is 18.9. The van der Waals surface area contributed by atoms with Crippen molar-refractivity contribution in [2.24, 2.45) is 5.92 Å². The van der Waals surface area contributed by atoms with Crippen LogP contribution in [0.25, 0.3) is 5.69 Å². The number of halogens is 3. The van der Waals surface area contributed by atoms with Crippen LogP contribution >= 0.6 is 12.4 Å². The maximum Gasteiger partial charge on any atom is 0.125 e. The van der Waals surface area contributed by atoms with Gasteiger partial charge in [-0.15, -0.1) is 22.6 Å². The molecule has 0 spiro atoms. The molecule has 0 amide bonds. The van der Waals surface area contributed by atoms with E-state index in [1.807, 2.05) is 30.3 Å². The van der Waals surface area contributed by atoms with Crippen LogP contribution in [0.2, 0.25) is 0 Å². The zero-order valence-electron chi connectivity index (χ0n) is 16.8. The standard InChI is InChI=1S/C15H18F2N4.C7H5N.ClH/c1-15(2,17)14(11-6-18-7-11)10-3-12(16)5-13(4-10)21-8-19-20-9-21;8-6-7-4-2-1-3-5-7;/h3-5,8-9,11,14,18H,6-7H2,1-2H3;1-5H;1H. The molecule has 1 aliphatic rings. The Balaban J connectivity index is 0.000000302. The van der Waals surface area contributed by atoms with Crippen LogP contribution in [-0.2, 0) is 0 Å². The molecule has 1 aliphatic heterocycles. The Bertz CT molecular complexity index is 961. The van der Waals surface area contributed by atoms with E-state index in [9.17, 15) is 8.78 Å². The van der Waals surface area contributed by atoms with Gasteiger partial charge in [0.1, 0.15) is 24.1 Å². The molecule has 8 heteroatoms. The van der Waals surface area contributed by atoms with Crippen molar-refractivity contribution in [1.29, 1.82) is 5.26 Å². The highest BCUT2D eigenvalue weighted by molar-refractivity contribution is 5.85. The second kappa shape index (κ2) is 10.3. The Kier molecular flexibility index (Phi) is 8.04.